The number of oxime groups is 1. The van der Waals surface area contributed by atoms with E-state index in [-0.39, 0.29) is 6.61 Å². The van der Waals surface area contributed by atoms with Gasteiger partial charge in [-0.25, -0.2) is 9.97 Å². The Balaban J connectivity index is 2.29. The first-order chi connectivity index (χ1) is 8.29. The summed E-state index contributed by atoms with van der Waals surface area (Å²) in [6.45, 7) is 3.50. The molecule has 0 atom stereocenters. The van der Waals surface area contributed by atoms with Crippen LogP contribution in [0, 0.1) is 0 Å². The fraction of sp³-hybridized carbons (Fsp3) is 0.0909. The van der Waals surface area contributed by atoms with Crippen LogP contribution in [0.5, 0.6) is 0 Å². The highest BCUT2D eigenvalue weighted by atomic mass is 16.6. The summed E-state index contributed by atoms with van der Waals surface area (Å²) in [6, 6.07) is 5.51. The third kappa shape index (κ3) is 2.75. The zero-order valence-electron chi connectivity index (χ0n) is 9.08. The van der Waals surface area contributed by atoms with Gasteiger partial charge in [0.15, 0.2) is 6.61 Å². The van der Waals surface area contributed by atoms with E-state index < -0.39 is 0 Å². The van der Waals surface area contributed by atoms with Crippen molar-refractivity contribution >= 4 is 12.5 Å². The highest BCUT2D eigenvalue weighted by molar-refractivity contribution is 5.54. The Morgan fingerprint density at radius 3 is 2.88 bits per heavy atom. The van der Waals surface area contributed by atoms with E-state index >= 15 is 0 Å². The molecular formula is C11H11N5O. The predicted octanol–water partition coefficient (Wildman–Crippen LogP) is 1.25. The molecule has 2 heterocycles. The monoisotopic (exact) mass is 229 g/mol. The summed E-state index contributed by atoms with van der Waals surface area (Å²) in [6.07, 6.45) is 3.09. The molecule has 0 aliphatic rings. The number of anilines is 1. The van der Waals surface area contributed by atoms with Crippen molar-refractivity contribution in [2.24, 2.45) is 5.16 Å². The minimum Gasteiger partial charge on any atom is -0.390 e. The van der Waals surface area contributed by atoms with Gasteiger partial charge in [-0.1, -0.05) is 6.07 Å². The third-order valence-corrected chi connectivity index (χ3v) is 2.03. The number of aromatic nitrogens is 3. The smallest absolute Gasteiger partial charge is 0.159 e. The van der Waals surface area contributed by atoms with Crippen LogP contribution in [-0.4, -0.2) is 21.7 Å². The summed E-state index contributed by atoms with van der Waals surface area (Å²) >= 11 is 0. The molecule has 2 aromatic rings. The molecule has 0 radical (unpaired) electrons. The van der Waals surface area contributed by atoms with Gasteiger partial charge < -0.3 is 10.6 Å². The summed E-state index contributed by atoms with van der Waals surface area (Å²) in [5, 5.41) is 3.31. The summed E-state index contributed by atoms with van der Waals surface area (Å²) in [4.78, 5) is 17.3. The van der Waals surface area contributed by atoms with Gasteiger partial charge in [0.1, 0.15) is 11.5 Å². The molecule has 0 unspecified atom stereocenters. The second-order valence-electron chi connectivity index (χ2n) is 3.25. The average Bonchev–Trinajstić information content (AvgIpc) is 2.37. The standard InChI is InChI=1S/C11H11N5O/c1-13-17-7-8-3-2-4-9(15-8)10-5-14-6-11(12)16-10/h2-6H,1,7H2,(H2,12,16). The SMILES string of the molecule is C=NOCc1cccc(-c2cncc(N)n2)n1. The second-order valence-corrected chi connectivity index (χ2v) is 3.25. The predicted molar refractivity (Wildman–Crippen MR) is 64.0 cm³/mol. The van der Waals surface area contributed by atoms with Crippen molar-refractivity contribution in [1.29, 1.82) is 0 Å². The molecular weight excluding hydrogens is 218 g/mol. The average molecular weight is 229 g/mol. The van der Waals surface area contributed by atoms with Crippen molar-refractivity contribution in [2.45, 2.75) is 6.61 Å². The zero-order valence-corrected chi connectivity index (χ0v) is 9.08. The van der Waals surface area contributed by atoms with Crippen molar-refractivity contribution in [3.05, 3.63) is 36.3 Å². The maximum absolute atomic E-state index is 5.56. The summed E-state index contributed by atoms with van der Waals surface area (Å²) < 4.78 is 0. The second kappa shape index (κ2) is 5.02. The number of rotatable bonds is 4. The van der Waals surface area contributed by atoms with Crippen LogP contribution in [0.25, 0.3) is 11.4 Å². The van der Waals surface area contributed by atoms with Crippen molar-refractivity contribution in [1.82, 2.24) is 15.0 Å². The molecule has 0 aliphatic carbocycles. The first kappa shape index (κ1) is 11.0. The lowest BCUT2D eigenvalue weighted by Crippen LogP contribution is -1.97. The van der Waals surface area contributed by atoms with Crippen LogP contribution in [-0.2, 0) is 11.4 Å². The van der Waals surface area contributed by atoms with Gasteiger partial charge in [0.2, 0.25) is 0 Å². The fourth-order valence-electron chi connectivity index (χ4n) is 1.32. The number of nitrogens with two attached hydrogens (primary N) is 1. The van der Waals surface area contributed by atoms with Crippen LogP contribution in [0.2, 0.25) is 0 Å². The molecule has 6 heteroatoms. The third-order valence-electron chi connectivity index (χ3n) is 2.03. The number of pyridine rings is 1. The highest BCUT2D eigenvalue weighted by Gasteiger charge is 2.03. The molecule has 0 bridgehead atoms. The Kier molecular flexibility index (Phi) is 3.25. The molecule has 0 fully saturated rings. The topological polar surface area (TPSA) is 86.3 Å². The summed E-state index contributed by atoms with van der Waals surface area (Å²) in [5.74, 6) is 0.360. The van der Waals surface area contributed by atoms with Gasteiger partial charge in [-0.2, -0.15) is 0 Å². The van der Waals surface area contributed by atoms with Gasteiger partial charge in [0, 0.05) is 6.72 Å². The minimum atomic E-state index is 0.271. The van der Waals surface area contributed by atoms with Crippen molar-refractivity contribution in [3.8, 4) is 11.4 Å². The molecule has 2 aromatic heterocycles. The number of hydrogen-bond donors (Lipinski definition) is 1. The Bertz CT molecular complexity index is 529. The molecule has 17 heavy (non-hydrogen) atoms. The van der Waals surface area contributed by atoms with Crippen LogP contribution in [0.1, 0.15) is 5.69 Å². The minimum absolute atomic E-state index is 0.271. The van der Waals surface area contributed by atoms with Gasteiger partial charge in [0.05, 0.1) is 23.8 Å². The Morgan fingerprint density at radius 2 is 2.12 bits per heavy atom. The first-order valence-corrected chi connectivity index (χ1v) is 4.91. The van der Waals surface area contributed by atoms with Crippen LogP contribution in [0.15, 0.2) is 35.7 Å². The number of nitrogens with zero attached hydrogens (tertiary/aromatic N) is 4. The molecule has 2 N–H and O–H groups in total. The highest BCUT2D eigenvalue weighted by Crippen LogP contribution is 2.14. The Labute approximate surface area is 98.2 Å². The fourth-order valence-corrected chi connectivity index (χ4v) is 1.32. The molecule has 0 aliphatic heterocycles. The van der Waals surface area contributed by atoms with E-state index in [1.165, 1.54) is 6.20 Å². The molecule has 0 saturated carbocycles. The maximum atomic E-state index is 5.56. The van der Waals surface area contributed by atoms with Crippen LogP contribution in [0.4, 0.5) is 5.82 Å². The molecule has 0 spiro atoms. The normalized spacial score (nSPS) is 9.88. The van der Waals surface area contributed by atoms with Gasteiger partial charge in [-0.05, 0) is 12.1 Å². The maximum Gasteiger partial charge on any atom is 0.159 e. The first-order valence-electron chi connectivity index (χ1n) is 4.91. The van der Waals surface area contributed by atoms with Crippen LogP contribution >= 0.6 is 0 Å². The number of nitrogen functional groups attached to an aromatic ring is 1. The quantitative estimate of drug-likeness (QED) is 0.629. The van der Waals surface area contributed by atoms with E-state index in [1.54, 1.807) is 6.20 Å². The molecule has 6 nitrogen and oxygen atoms in total. The van der Waals surface area contributed by atoms with E-state index in [9.17, 15) is 0 Å². The lowest BCUT2D eigenvalue weighted by Gasteiger charge is -2.03. The van der Waals surface area contributed by atoms with Crippen molar-refractivity contribution in [2.75, 3.05) is 5.73 Å². The molecule has 0 saturated heterocycles. The van der Waals surface area contributed by atoms with Crippen LogP contribution in [0.3, 0.4) is 0 Å². The van der Waals surface area contributed by atoms with Crippen LogP contribution < -0.4 is 5.73 Å². The van der Waals surface area contributed by atoms with Gasteiger partial charge in [-0.3, -0.25) is 4.98 Å². The molecule has 2 rings (SSSR count). The van der Waals surface area contributed by atoms with Gasteiger partial charge >= 0.3 is 0 Å². The van der Waals surface area contributed by atoms with E-state index in [2.05, 4.69) is 26.8 Å². The number of hydrogen-bond acceptors (Lipinski definition) is 6. The van der Waals surface area contributed by atoms with E-state index in [4.69, 9.17) is 10.6 Å². The lowest BCUT2D eigenvalue weighted by molar-refractivity contribution is 0.130. The molecule has 0 aromatic carbocycles. The summed E-state index contributed by atoms with van der Waals surface area (Å²) in [7, 11) is 0. The largest absolute Gasteiger partial charge is 0.390 e. The van der Waals surface area contributed by atoms with E-state index in [0.717, 1.165) is 5.69 Å². The van der Waals surface area contributed by atoms with Gasteiger partial charge in [-0.15, -0.1) is 5.16 Å². The zero-order chi connectivity index (χ0) is 12.1. The molecule has 86 valence electrons. The van der Waals surface area contributed by atoms with Gasteiger partial charge in [0.25, 0.3) is 0 Å². The van der Waals surface area contributed by atoms with E-state index in [0.29, 0.717) is 17.2 Å². The van der Waals surface area contributed by atoms with Crippen molar-refractivity contribution < 1.29 is 4.84 Å². The lowest BCUT2D eigenvalue weighted by atomic mass is 10.2. The van der Waals surface area contributed by atoms with Crippen molar-refractivity contribution in [3.63, 3.8) is 0 Å². The Morgan fingerprint density at radius 1 is 1.24 bits per heavy atom. The summed E-state index contributed by atoms with van der Waals surface area (Å²) in [5.41, 5.74) is 7.61. The Hall–Kier alpha value is -2.50. The molecule has 0 amide bonds. The van der Waals surface area contributed by atoms with E-state index in [1.807, 2.05) is 18.2 Å².